The molecule has 114 valence electrons. The van der Waals surface area contributed by atoms with Gasteiger partial charge in [-0.05, 0) is 38.5 Å². The molecule has 1 heterocycles. The average Bonchev–Trinajstić information content (AvgIpc) is 2.71. The van der Waals surface area contributed by atoms with Gasteiger partial charge in [-0.3, -0.25) is 0 Å². The number of hydrogen-bond donors (Lipinski definition) is 2. The van der Waals surface area contributed by atoms with E-state index >= 15 is 0 Å². The third-order valence-corrected chi connectivity index (χ3v) is 4.94. The number of hydrogen-bond acceptors (Lipinski definition) is 5. The first kappa shape index (κ1) is 15.8. The average molecular weight is 330 g/mol. The van der Waals surface area contributed by atoms with Gasteiger partial charge in [0, 0.05) is 0 Å². The number of anilines is 1. The van der Waals surface area contributed by atoms with Crippen molar-refractivity contribution < 1.29 is 12.8 Å². The molecule has 1 aromatic carbocycles. The largest absolute Gasteiger partial charge is 0.444 e. The summed E-state index contributed by atoms with van der Waals surface area (Å²) in [7, 11) is -3.72. The molecule has 0 atom stereocenters. The molecule has 21 heavy (non-hydrogen) atoms. The number of benzene rings is 1. The molecule has 0 spiro atoms. The highest BCUT2D eigenvalue weighted by atomic mass is 35.5. The van der Waals surface area contributed by atoms with Crippen LogP contribution >= 0.6 is 11.6 Å². The van der Waals surface area contributed by atoms with E-state index in [1.54, 1.807) is 20.8 Å². The van der Waals surface area contributed by atoms with Crippen molar-refractivity contribution in [2.75, 3.05) is 5.73 Å². The maximum absolute atomic E-state index is 12.3. The summed E-state index contributed by atoms with van der Waals surface area (Å²) >= 11 is 5.86. The van der Waals surface area contributed by atoms with Crippen molar-refractivity contribution in [2.45, 2.75) is 32.2 Å². The molecule has 0 unspecified atom stereocenters. The molecule has 0 aliphatic carbocycles. The topological polar surface area (TPSA) is 98.2 Å². The fourth-order valence-electron chi connectivity index (χ4n) is 1.81. The van der Waals surface area contributed by atoms with E-state index in [0.29, 0.717) is 22.2 Å². The van der Waals surface area contributed by atoms with Crippen LogP contribution in [0, 0.1) is 20.8 Å². The van der Waals surface area contributed by atoms with Gasteiger partial charge in [-0.1, -0.05) is 11.6 Å². The van der Waals surface area contributed by atoms with Crippen LogP contribution in [-0.2, 0) is 16.6 Å². The Morgan fingerprint density at radius 3 is 2.57 bits per heavy atom. The minimum Gasteiger partial charge on any atom is -0.444 e. The predicted octanol–water partition coefficient (Wildman–Crippen LogP) is 2.31. The van der Waals surface area contributed by atoms with Gasteiger partial charge in [0.25, 0.3) is 0 Å². The number of sulfonamides is 1. The highest BCUT2D eigenvalue weighted by Gasteiger charge is 2.19. The van der Waals surface area contributed by atoms with Crippen LogP contribution in [0.3, 0.4) is 0 Å². The van der Waals surface area contributed by atoms with Crippen LogP contribution < -0.4 is 10.5 Å². The number of oxazole rings is 1. The Hall–Kier alpha value is -1.57. The van der Waals surface area contributed by atoms with Gasteiger partial charge >= 0.3 is 0 Å². The van der Waals surface area contributed by atoms with E-state index in [4.69, 9.17) is 21.8 Å². The fourth-order valence-corrected chi connectivity index (χ4v) is 3.26. The SMILES string of the molecule is Cc1cc(Cl)c(N)cc1S(=O)(=O)NCc1nc(C)c(C)o1. The number of nitrogen functional groups attached to an aromatic ring is 1. The zero-order valence-electron chi connectivity index (χ0n) is 11.9. The van der Waals surface area contributed by atoms with Crippen molar-refractivity contribution in [1.82, 2.24) is 9.71 Å². The van der Waals surface area contributed by atoms with Crippen molar-refractivity contribution in [3.05, 3.63) is 40.1 Å². The first-order valence-corrected chi connectivity index (χ1v) is 8.05. The number of nitrogens with zero attached hydrogens (tertiary/aromatic N) is 1. The van der Waals surface area contributed by atoms with E-state index in [1.165, 1.54) is 12.1 Å². The van der Waals surface area contributed by atoms with Crippen LogP contribution in [-0.4, -0.2) is 13.4 Å². The lowest BCUT2D eigenvalue weighted by atomic mass is 10.2. The summed E-state index contributed by atoms with van der Waals surface area (Å²) in [5, 5.41) is 0.324. The third kappa shape index (κ3) is 3.37. The van der Waals surface area contributed by atoms with Crippen LogP contribution in [0.1, 0.15) is 22.9 Å². The highest BCUT2D eigenvalue weighted by Crippen LogP contribution is 2.26. The molecule has 0 bridgehead atoms. The molecule has 2 rings (SSSR count). The van der Waals surface area contributed by atoms with Gasteiger partial charge < -0.3 is 10.2 Å². The second-order valence-corrected chi connectivity index (χ2v) is 6.86. The fraction of sp³-hybridized carbons (Fsp3) is 0.308. The van der Waals surface area contributed by atoms with E-state index in [-0.39, 0.29) is 17.1 Å². The Balaban J connectivity index is 2.24. The number of nitrogens with two attached hydrogens (primary N) is 1. The predicted molar refractivity (Wildman–Crippen MR) is 80.6 cm³/mol. The molecule has 1 aromatic heterocycles. The smallest absolute Gasteiger partial charge is 0.241 e. The van der Waals surface area contributed by atoms with Crippen LogP contribution in [0.5, 0.6) is 0 Å². The van der Waals surface area contributed by atoms with E-state index in [0.717, 1.165) is 5.69 Å². The summed E-state index contributed by atoms with van der Waals surface area (Å²) in [6.45, 7) is 5.18. The Labute approximate surface area is 128 Å². The van der Waals surface area contributed by atoms with Crippen molar-refractivity contribution in [1.29, 1.82) is 0 Å². The van der Waals surface area contributed by atoms with Gasteiger partial charge in [-0.25, -0.2) is 18.1 Å². The summed E-state index contributed by atoms with van der Waals surface area (Å²) in [5.41, 5.74) is 7.12. The first-order chi connectivity index (χ1) is 9.70. The number of halogens is 1. The maximum atomic E-state index is 12.3. The molecule has 8 heteroatoms. The minimum atomic E-state index is -3.72. The molecular formula is C13H16ClN3O3S. The molecule has 3 N–H and O–H groups in total. The molecule has 2 aromatic rings. The Kier molecular flexibility index (Phi) is 4.27. The van der Waals surface area contributed by atoms with Crippen molar-refractivity contribution in [3.63, 3.8) is 0 Å². The first-order valence-electron chi connectivity index (χ1n) is 6.19. The molecule has 0 radical (unpaired) electrons. The van der Waals surface area contributed by atoms with E-state index < -0.39 is 10.0 Å². The second-order valence-electron chi connectivity index (χ2n) is 4.71. The zero-order valence-corrected chi connectivity index (χ0v) is 13.5. The van der Waals surface area contributed by atoms with Crippen LogP contribution in [0.15, 0.2) is 21.4 Å². The van der Waals surface area contributed by atoms with Crippen LogP contribution in [0.2, 0.25) is 5.02 Å². The molecular weight excluding hydrogens is 314 g/mol. The summed E-state index contributed by atoms with van der Waals surface area (Å²) in [5.74, 6) is 0.976. The Morgan fingerprint density at radius 1 is 1.33 bits per heavy atom. The van der Waals surface area contributed by atoms with Gasteiger partial charge in [0.15, 0.2) is 0 Å². The van der Waals surface area contributed by atoms with E-state index in [2.05, 4.69) is 9.71 Å². The van der Waals surface area contributed by atoms with E-state index in [9.17, 15) is 8.42 Å². The number of aryl methyl sites for hydroxylation is 3. The lowest BCUT2D eigenvalue weighted by Crippen LogP contribution is -2.24. The molecule has 0 amide bonds. The van der Waals surface area contributed by atoms with Crippen molar-refractivity contribution in [3.8, 4) is 0 Å². The highest BCUT2D eigenvalue weighted by molar-refractivity contribution is 7.89. The normalized spacial score (nSPS) is 11.8. The van der Waals surface area contributed by atoms with Gasteiger partial charge in [-0.2, -0.15) is 0 Å². The standard InChI is InChI=1S/C13H16ClN3O3S/c1-7-4-10(14)11(15)5-12(7)21(18,19)16-6-13-17-8(2)9(3)20-13/h4-5,16H,6,15H2,1-3H3. The molecule has 0 aliphatic rings. The molecule has 0 saturated heterocycles. The van der Waals surface area contributed by atoms with Gasteiger partial charge in [0.1, 0.15) is 5.76 Å². The van der Waals surface area contributed by atoms with Crippen molar-refractivity contribution in [2.24, 2.45) is 0 Å². The summed E-state index contributed by atoms with van der Waals surface area (Å²) < 4.78 is 32.4. The molecule has 0 fully saturated rings. The summed E-state index contributed by atoms with van der Waals surface area (Å²) in [6, 6.07) is 2.86. The van der Waals surface area contributed by atoms with E-state index in [1.807, 2.05) is 0 Å². The van der Waals surface area contributed by atoms with Crippen LogP contribution in [0.25, 0.3) is 0 Å². The lowest BCUT2D eigenvalue weighted by Gasteiger charge is -2.10. The molecule has 0 aliphatic heterocycles. The van der Waals surface area contributed by atoms with Crippen molar-refractivity contribution >= 4 is 27.3 Å². The number of aromatic nitrogens is 1. The quantitative estimate of drug-likeness (QED) is 0.839. The van der Waals surface area contributed by atoms with Gasteiger partial charge in [-0.15, -0.1) is 0 Å². The minimum absolute atomic E-state index is 0.0288. The second kappa shape index (κ2) is 5.67. The van der Waals surface area contributed by atoms with Gasteiger partial charge in [0.2, 0.25) is 15.9 Å². The number of nitrogens with one attached hydrogen (secondary N) is 1. The Morgan fingerprint density at radius 2 is 2.00 bits per heavy atom. The third-order valence-electron chi connectivity index (χ3n) is 3.07. The Bertz CT molecular complexity index is 765. The van der Waals surface area contributed by atoms with Gasteiger partial charge in [0.05, 0.1) is 27.8 Å². The monoisotopic (exact) mass is 329 g/mol. The summed E-state index contributed by atoms with van der Waals surface area (Å²) in [6.07, 6.45) is 0. The maximum Gasteiger partial charge on any atom is 0.241 e. The summed E-state index contributed by atoms with van der Waals surface area (Å²) in [4.78, 5) is 4.21. The number of rotatable bonds is 4. The molecule has 0 saturated carbocycles. The zero-order chi connectivity index (χ0) is 15.8. The lowest BCUT2D eigenvalue weighted by molar-refractivity contribution is 0.463. The van der Waals surface area contributed by atoms with Crippen LogP contribution in [0.4, 0.5) is 5.69 Å². The molecule has 6 nitrogen and oxygen atoms in total.